The van der Waals surface area contributed by atoms with Gasteiger partial charge in [0.1, 0.15) is 17.3 Å². The summed E-state index contributed by atoms with van der Waals surface area (Å²) in [5.41, 5.74) is 7.27. The van der Waals surface area contributed by atoms with E-state index in [2.05, 4.69) is 0 Å². The summed E-state index contributed by atoms with van der Waals surface area (Å²) in [5.74, 6) is 0.737. The number of hydrogen-bond donors (Lipinski definition) is 1. The first-order valence-corrected chi connectivity index (χ1v) is 5.90. The van der Waals surface area contributed by atoms with Gasteiger partial charge < -0.3 is 10.5 Å². The Morgan fingerprint density at radius 1 is 1.17 bits per heavy atom. The van der Waals surface area contributed by atoms with Crippen molar-refractivity contribution in [2.45, 2.75) is 13.5 Å². The summed E-state index contributed by atoms with van der Waals surface area (Å²) in [5, 5.41) is 0.596. The second kappa shape index (κ2) is 5.38. The molecule has 0 radical (unpaired) electrons. The van der Waals surface area contributed by atoms with E-state index in [4.69, 9.17) is 22.1 Å². The van der Waals surface area contributed by atoms with Crippen molar-refractivity contribution in [3.63, 3.8) is 0 Å². The van der Waals surface area contributed by atoms with Crippen molar-refractivity contribution < 1.29 is 9.13 Å². The molecule has 0 heterocycles. The van der Waals surface area contributed by atoms with Gasteiger partial charge in [-0.3, -0.25) is 0 Å². The molecule has 18 heavy (non-hydrogen) atoms. The normalized spacial score (nSPS) is 10.4. The first-order valence-electron chi connectivity index (χ1n) is 5.52. The molecule has 0 aliphatic heterocycles. The number of ether oxygens (including phenoxy) is 1. The second-order valence-electron chi connectivity index (χ2n) is 3.97. The third kappa shape index (κ3) is 2.81. The van der Waals surface area contributed by atoms with Crippen LogP contribution < -0.4 is 10.5 Å². The number of aryl methyl sites for hydroxylation is 1. The van der Waals surface area contributed by atoms with Gasteiger partial charge in [0.25, 0.3) is 0 Å². The Kier molecular flexibility index (Phi) is 3.84. The lowest BCUT2D eigenvalue weighted by molar-refractivity contribution is 0.467. The molecule has 0 aromatic heterocycles. The van der Waals surface area contributed by atoms with E-state index in [0.717, 1.165) is 11.1 Å². The highest BCUT2D eigenvalue weighted by molar-refractivity contribution is 6.30. The lowest BCUT2D eigenvalue weighted by Crippen LogP contribution is -2.00. The van der Waals surface area contributed by atoms with E-state index in [0.29, 0.717) is 23.1 Å². The van der Waals surface area contributed by atoms with Gasteiger partial charge >= 0.3 is 0 Å². The third-order valence-electron chi connectivity index (χ3n) is 2.61. The highest BCUT2D eigenvalue weighted by atomic mass is 35.5. The molecule has 2 aromatic carbocycles. The second-order valence-corrected chi connectivity index (χ2v) is 4.40. The molecule has 0 saturated carbocycles. The molecule has 0 saturated heterocycles. The van der Waals surface area contributed by atoms with Crippen LogP contribution >= 0.6 is 11.6 Å². The monoisotopic (exact) mass is 265 g/mol. The fourth-order valence-electron chi connectivity index (χ4n) is 1.61. The molecule has 0 aliphatic rings. The average molecular weight is 266 g/mol. The molecule has 2 nitrogen and oxygen atoms in total. The molecule has 0 unspecified atom stereocenters. The van der Waals surface area contributed by atoms with E-state index >= 15 is 0 Å². The Hall–Kier alpha value is -1.58. The van der Waals surface area contributed by atoms with Crippen LogP contribution in [0.5, 0.6) is 11.5 Å². The lowest BCUT2D eigenvalue weighted by Gasteiger charge is -2.12. The molecular weight excluding hydrogens is 253 g/mol. The van der Waals surface area contributed by atoms with E-state index in [9.17, 15) is 4.39 Å². The highest BCUT2D eigenvalue weighted by Crippen LogP contribution is 2.30. The van der Waals surface area contributed by atoms with E-state index in [1.54, 1.807) is 24.3 Å². The minimum absolute atomic E-state index is 0.310. The molecule has 4 heteroatoms. The Labute approximate surface area is 110 Å². The van der Waals surface area contributed by atoms with Crippen molar-refractivity contribution in [2.24, 2.45) is 5.73 Å². The van der Waals surface area contributed by atoms with Gasteiger partial charge in [-0.05, 0) is 36.8 Å². The van der Waals surface area contributed by atoms with Crippen molar-refractivity contribution in [2.75, 3.05) is 0 Å². The van der Waals surface area contributed by atoms with Crippen molar-refractivity contribution in [3.05, 3.63) is 58.4 Å². The standard InChI is InChI=1S/C14H13ClFNO/c1-9-2-4-12(16)7-14(9)18-13-5-3-11(15)6-10(13)8-17/h2-7H,8,17H2,1H3. The molecule has 0 bridgehead atoms. The van der Waals surface area contributed by atoms with Crippen LogP contribution in [0, 0.1) is 12.7 Å². The fraction of sp³-hybridized carbons (Fsp3) is 0.143. The topological polar surface area (TPSA) is 35.2 Å². The third-order valence-corrected chi connectivity index (χ3v) is 2.85. The molecule has 0 aliphatic carbocycles. The first-order chi connectivity index (χ1) is 8.60. The Morgan fingerprint density at radius 2 is 1.94 bits per heavy atom. The maximum absolute atomic E-state index is 13.2. The Balaban J connectivity index is 2.36. The zero-order valence-electron chi connectivity index (χ0n) is 9.91. The zero-order valence-corrected chi connectivity index (χ0v) is 10.7. The summed E-state index contributed by atoms with van der Waals surface area (Å²) in [4.78, 5) is 0. The van der Waals surface area contributed by atoms with Crippen LogP contribution in [-0.2, 0) is 6.54 Å². The molecule has 0 spiro atoms. The van der Waals surface area contributed by atoms with E-state index in [1.807, 2.05) is 6.92 Å². The molecule has 94 valence electrons. The van der Waals surface area contributed by atoms with Crippen molar-refractivity contribution >= 4 is 11.6 Å². The number of hydrogen-bond acceptors (Lipinski definition) is 2. The smallest absolute Gasteiger partial charge is 0.133 e. The van der Waals surface area contributed by atoms with Gasteiger partial charge in [0.2, 0.25) is 0 Å². The number of rotatable bonds is 3. The minimum atomic E-state index is -0.334. The predicted molar refractivity (Wildman–Crippen MR) is 70.6 cm³/mol. The van der Waals surface area contributed by atoms with Crippen molar-refractivity contribution in [1.29, 1.82) is 0 Å². The van der Waals surface area contributed by atoms with Gasteiger partial charge in [0.05, 0.1) is 0 Å². The van der Waals surface area contributed by atoms with E-state index < -0.39 is 0 Å². The first kappa shape index (κ1) is 12.9. The average Bonchev–Trinajstić information content (AvgIpc) is 2.36. The van der Waals surface area contributed by atoms with E-state index in [-0.39, 0.29) is 5.82 Å². The van der Waals surface area contributed by atoms with Crippen LogP contribution in [-0.4, -0.2) is 0 Å². The van der Waals surface area contributed by atoms with Gasteiger partial charge in [-0.1, -0.05) is 17.7 Å². The highest BCUT2D eigenvalue weighted by Gasteiger charge is 2.07. The lowest BCUT2D eigenvalue weighted by atomic mass is 10.2. The van der Waals surface area contributed by atoms with E-state index in [1.165, 1.54) is 12.1 Å². The molecule has 2 N–H and O–H groups in total. The van der Waals surface area contributed by atoms with Gasteiger partial charge in [-0.25, -0.2) is 4.39 Å². The summed E-state index contributed by atoms with van der Waals surface area (Å²) >= 11 is 5.88. The van der Waals surface area contributed by atoms with Crippen LogP contribution in [0.2, 0.25) is 5.02 Å². The SMILES string of the molecule is Cc1ccc(F)cc1Oc1ccc(Cl)cc1CN. The number of benzene rings is 2. The van der Waals surface area contributed by atoms with Crippen LogP contribution in [0.25, 0.3) is 0 Å². The summed E-state index contributed by atoms with van der Waals surface area (Å²) < 4.78 is 18.9. The van der Waals surface area contributed by atoms with Crippen LogP contribution in [0.4, 0.5) is 4.39 Å². The van der Waals surface area contributed by atoms with Gasteiger partial charge in [0, 0.05) is 23.2 Å². The van der Waals surface area contributed by atoms with Crippen LogP contribution in [0.3, 0.4) is 0 Å². The van der Waals surface area contributed by atoms with Crippen molar-refractivity contribution in [1.82, 2.24) is 0 Å². The maximum atomic E-state index is 13.2. The van der Waals surface area contributed by atoms with Crippen LogP contribution in [0.15, 0.2) is 36.4 Å². The summed E-state index contributed by atoms with van der Waals surface area (Å²) in [7, 11) is 0. The summed E-state index contributed by atoms with van der Waals surface area (Å²) in [6.45, 7) is 2.16. The number of halogens is 2. The molecule has 0 fully saturated rings. The van der Waals surface area contributed by atoms with Crippen LogP contribution in [0.1, 0.15) is 11.1 Å². The van der Waals surface area contributed by atoms with Gasteiger partial charge in [0.15, 0.2) is 0 Å². The molecule has 2 aromatic rings. The Morgan fingerprint density at radius 3 is 2.67 bits per heavy atom. The molecule has 0 atom stereocenters. The zero-order chi connectivity index (χ0) is 13.1. The molecule has 0 amide bonds. The van der Waals surface area contributed by atoms with Gasteiger partial charge in [-0.15, -0.1) is 0 Å². The van der Waals surface area contributed by atoms with Crippen molar-refractivity contribution in [3.8, 4) is 11.5 Å². The maximum Gasteiger partial charge on any atom is 0.133 e. The summed E-state index contributed by atoms with van der Waals surface area (Å²) in [6.07, 6.45) is 0. The summed E-state index contributed by atoms with van der Waals surface area (Å²) in [6, 6.07) is 9.60. The quantitative estimate of drug-likeness (QED) is 0.909. The Bertz CT molecular complexity index is 572. The number of nitrogens with two attached hydrogens (primary N) is 1. The fourth-order valence-corrected chi connectivity index (χ4v) is 1.80. The predicted octanol–water partition coefficient (Wildman–Crippen LogP) is 4.04. The largest absolute Gasteiger partial charge is 0.457 e. The molecular formula is C14H13ClFNO. The minimum Gasteiger partial charge on any atom is -0.457 e. The van der Waals surface area contributed by atoms with Gasteiger partial charge in [-0.2, -0.15) is 0 Å². The molecule has 2 rings (SSSR count).